The second-order valence-electron chi connectivity index (χ2n) is 15.9. The molecule has 1 heterocycles. The van der Waals surface area contributed by atoms with Crippen LogP contribution in [0, 0.1) is 116 Å². The van der Waals surface area contributed by atoms with Crippen molar-refractivity contribution in [2.75, 3.05) is 0 Å². The normalized spacial score (nSPS) is 11.6. The molecule has 0 saturated carbocycles. The highest BCUT2D eigenvalue weighted by molar-refractivity contribution is 7.20. The minimum Gasteiger partial charge on any atom is -0.420 e. The van der Waals surface area contributed by atoms with Crippen molar-refractivity contribution in [2.24, 2.45) is 0 Å². The van der Waals surface area contributed by atoms with E-state index in [1.807, 2.05) is 89.6 Å². The maximum Gasteiger partial charge on any atom is 0.368 e. The summed E-state index contributed by atoms with van der Waals surface area (Å²) in [6.45, 7) is 0.654. The fourth-order valence-corrected chi connectivity index (χ4v) is 8.53. The molecule has 0 amide bonds. The molecule has 0 atom stereocenters. The van der Waals surface area contributed by atoms with Crippen molar-refractivity contribution < 1.29 is 102 Å². The number of halogens is 20. The predicted molar refractivity (Wildman–Crippen MR) is 226 cm³/mol. The van der Waals surface area contributed by atoms with Gasteiger partial charge in [0, 0.05) is 16.3 Å². The molecule has 0 unspecified atom stereocenters. The largest absolute Gasteiger partial charge is 0.420 e. The van der Waals surface area contributed by atoms with Gasteiger partial charge in [-0.15, -0.1) is 21.9 Å². The molecule has 0 fully saturated rings. The van der Waals surface area contributed by atoms with Crippen LogP contribution in [0.3, 0.4) is 0 Å². The van der Waals surface area contributed by atoms with Crippen molar-refractivity contribution in [2.45, 2.75) is 6.54 Å². The Kier molecular flexibility index (Phi) is 14.1. The number of carbonyl (C=O) groups is 1. The Bertz CT molecular complexity index is 3390. The summed E-state index contributed by atoms with van der Waals surface area (Å²) in [5.41, 5.74) is -12.9. The Morgan fingerprint density at radius 3 is 1.07 bits per heavy atom. The second-order valence-corrected chi connectivity index (χ2v) is 15.9. The summed E-state index contributed by atoms with van der Waals surface area (Å²) in [5, 5.41) is 3.86. The van der Waals surface area contributed by atoms with Crippen LogP contribution in [0.2, 0.25) is 0 Å². The highest BCUT2D eigenvalue weighted by atomic mass is 19.2. The third kappa shape index (κ3) is 8.57. The maximum absolute atomic E-state index is 15.4. The SMILES string of the molecule is Fc1c(F)c(F)c([B-](c2c(F)c(F)c(F)c(F)c2F)(c2c(F)c(F)c(F)c(F)c2F)c2c(F)c(F)c(F)c(F)c2F)c(F)c1F.O=C(Oc1c2ccccc2cc2ccccc12)c1c[n+](Cc2ccccc2)ccn1. The lowest BCUT2D eigenvalue weighted by Crippen LogP contribution is -2.81. The molecule has 25 heteroatoms. The van der Waals surface area contributed by atoms with E-state index in [0.717, 1.165) is 27.1 Å². The lowest BCUT2D eigenvalue weighted by atomic mass is 9.12. The van der Waals surface area contributed by atoms with Gasteiger partial charge in [0.25, 0.3) is 0 Å². The minimum absolute atomic E-state index is 0.269. The van der Waals surface area contributed by atoms with Gasteiger partial charge in [-0.3, -0.25) is 0 Å². The van der Waals surface area contributed by atoms with Crippen LogP contribution in [-0.4, -0.2) is 17.1 Å². The molecule has 8 aromatic carbocycles. The molecular weight excluding hydrogens is 1050 g/mol. The summed E-state index contributed by atoms with van der Waals surface area (Å²) in [4.78, 5) is 17.2. The Balaban J connectivity index is 0.000000215. The Morgan fingerprint density at radius 2 is 0.720 bits per heavy atom. The number of aromatic nitrogens is 2. The first kappa shape index (κ1) is 52.8. The molecule has 384 valence electrons. The van der Waals surface area contributed by atoms with Gasteiger partial charge in [-0.25, -0.2) is 97.6 Å². The van der Waals surface area contributed by atoms with Gasteiger partial charge in [-0.05, 0) is 16.8 Å². The number of hydrogen-bond acceptors (Lipinski definition) is 3. The third-order valence-electron chi connectivity index (χ3n) is 11.8. The Morgan fingerprint density at radius 1 is 0.413 bits per heavy atom. The van der Waals surface area contributed by atoms with Crippen LogP contribution < -0.4 is 31.2 Å². The molecule has 0 aliphatic heterocycles. The maximum atomic E-state index is 15.4. The summed E-state index contributed by atoms with van der Waals surface area (Å²) in [6, 6.07) is 28.0. The van der Waals surface area contributed by atoms with Crippen LogP contribution in [0.5, 0.6) is 5.75 Å². The smallest absolute Gasteiger partial charge is 0.368 e. The van der Waals surface area contributed by atoms with E-state index in [4.69, 9.17) is 4.74 Å². The van der Waals surface area contributed by atoms with E-state index >= 15 is 35.1 Å². The molecule has 0 spiro atoms. The van der Waals surface area contributed by atoms with Crippen molar-refractivity contribution in [3.8, 4) is 5.75 Å². The van der Waals surface area contributed by atoms with Gasteiger partial charge in [0.2, 0.25) is 11.9 Å². The van der Waals surface area contributed by atoms with Gasteiger partial charge < -0.3 is 4.74 Å². The first-order chi connectivity index (χ1) is 35.5. The molecule has 0 radical (unpaired) electrons. The van der Waals surface area contributed by atoms with Crippen molar-refractivity contribution >= 4 is 55.5 Å². The number of fused-ring (bicyclic) bond motifs is 2. The predicted octanol–water partition coefficient (Wildman–Crippen LogP) is 10.8. The summed E-state index contributed by atoms with van der Waals surface area (Å²) in [7, 11) is 0. The third-order valence-corrected chi connectivity index (χ3v) is 11.8. The Hall–Kier alpha value is -8.51. The lowest BCUT2D eigenvalue weighted by molar-refractivity contribution is -0.689. The van der Waals surface area contributed by atoms with E-state index in [1.54, 1.807) is 12.4 Å². The zero-order valence-corrected chi connectivity index (χ0v) is 36.4. The zero-order chi connectivity index (χ0) is 54.7. The molecule has 1 aromatic heterocycles. The van der Waals surface area contributed by atoms with E-state index in [9.17, 15) is 57.5 Å². The summed E-state index contributed by atoms with van der Waals surface area (Å²) < 4.78 is 302. The number of esters is 1. The molecule has 0 saturated heterocycles. The van der Waals surface area contributed by atoms with E-state index in [0.29, 0.717) is 12.3 Å². The molecule has 9 rings (SSSR count). The first-order valence-electron chi connectivity index (χ1n) is 20.7. The average molecular weight is 1070 g/mol. The molecule has 0 N–H and O–H groups in total. The molecule has 75 heavy (non-hydrogen) atoms. The number of nitrogens with zero attached hydrogens (tertiary/aromatic N) is 2. The van der Waals surface area contributed by atoms with Crippen molar-refractivity contribution in [1.82, 2.24) is 4.98 Å². The standard InChI is InChI=1S/C26H19N2O2.C24BF20/c29-26(24-18-28(15-14-27-24)17-19-8-2-1-3-9-19)30-25-22-12-6-4-10-20(22)16-21-11-5-7-13-23(21)25;26-5-1(6(27)14(35)21(42)13(5)34)25(2-7(28)15(36)22(43)16(37)8(2)29,3-9(30)17(38)23(44)18(39)10(3)31)4-11(32)19(40)24(45)20(41)12(4)33/h1-16,18H,17H2;/q+1;-1. The lowest BCUT2D eigenvalue weighted by Gasteiger charge is -2.44. The fraction of sp³-hybridized carbons (Fsp3) is 0.0200. The molecule has 0 aliphatic carbocycles. The van der Waals surface area contributed by atoms with Gasteiger partial charge in [-0.2, -0.15) is 4.57 Å². The Labute approximate surface area is 405 Å². The second kappa shape index (κ2) is 20.1. The van der Waals surface area contributed by atoms with Crippen LogP contribution >= 0.6 is 0 Å². The number of benzene rings is 8. The molecule has 0 bridgehead atoms. The van der Waals surface area contributed by atoms with Crippen molar-refractivity contribution in [1.29, 1.82) is 0 Å². The first-order valence-corrected chi connectivity index (χ1v) is 20.7. The molecule has 0 aliphatic rings. The van der Waals surface area contributed by atoms with Gasteiger partial charge in [0.15, 0.2) is 82.5 Å². The number of rotatable bonds is 8. The van der Waals surface area contributed by atoms with Crippen molar-refractivity contribution in [3.63, 3.8) is 0 Å². The number of ether oxygens (including phenoxy) is 1. The van der Waals surface area contributed by atoms with Crippen LogP contribution in [0.4, 0.5) is 87.8 Å². The summed E-state index contributed by atoms with van der Waals surface area (Å²) in [5.74, 6) is -71.3. The van der Waals surface area contributed by atoms with Gasteiger partial charge >= 0.3 is 5.97 Å². The monoisotopic (exact) mass is 1070 g/mol. The van der Waals surface area contributed by atoms with Gasteiger partial charge in [-0.1, -0.05) is 78.9 Å². The van der Waals surface area contributed by atoms with E-state index in [-0.39, 0.29) is 5.69 Å². The molecule has 9 aromatic rings. The molecular formula is C50H19BF20N2O2. The van der Waals surface area contributed by atoms with E-state index in [2.05, 4.69) is 11.1 Å². The number of carbonyl (C=O) groups excluding carboxylic acids is 1. The quantitative estimate of drug-likeness (QED) is 0.0223. The van der Waals surface area contributed by atoms with Crippen molar-refractivity contribution in [3.05, 3.63) is 231 Å². The highest BCUT2D eigenvalue weighted by Crippen LogP contribution is 2.36. The van der Waals surface area contributed by atoms with Crippen LogP contribution in [0.1, 0.15) is 16.1 Å². The van der Waals surface area contributed by atoms with Gasteiger partial charge in [0.05, 0.1) is 6.20 Å². The minimum atomic E-state index is -7.22. The summed E-state index contributed by atoms with van der Waals surface area (Å²) >= 11 is 0. The summed E-state index contributed by atoms with van der Waals surface area (Å²) in [6.07, 6.45) is -2.02. The van der Waals surface area contributed by atoms with Crippen LogP contribution in [0.25, 0.3) is 21.5 Å². The zero-order valence-electron chi connectivity index (χ0n) is 36.4. The fourth-order valence-electron chi connectivity index (χ4n) is 8.53. The van der Waals surface area contributed by atoms with Gasteiger partial charge in [0.1, 0.15) is 58.4 Å². The van der Waals surface area contributed by atoms with E-state index < -0.39 is 150 Å². The topological polar surface area (TPSA) is 43.1 Å². The highest BCUT2D eigenvalue weighted by Gasteiger charge is 2.52. The number of hydrogen-bond donors (Lipinski definition) is 0. The van der Waals surface area contributed by atoms with E-state index in [1.165, 1.54) is 0 Å². The molecule has 4 nitrogen and oxygen atoms in total. The van der Waals surface area contributed by atoms with Crippen LogP contribution in [-0.2, 0) is 6.54 Å². The van der Waals surface area contributed by atoms with Crippen LogP contribution in [0.15, 0.2) is 104 Å². The average Bonchev–Trinajstić information content (AvgIpc) is 3.41.